The van der Waals surface area contributed by atoms with Crippen LogP contribution in [0.4, 0.5) is 0 Å². The molecule has 0 bridgehead atoms. The van der Waals surface area contributed by atoms with Gasteiger partial charge < -0.3 is 9.72 Å². The summed E-state index contributed by atoms with van der Waals surface area (Å²) in [5, 5.41) is 0.991. The first-order valence-electron chi connectivity index (χ1n) is 6.90. The first-order valence-corrected chi connectivity index (χ1v) is 6.90. The summed E-state index contributed by atoms with van der Waals surface area (Å²) in [4.78, 5) is 19.0. The van der Waals surface area contributed by atoms with Crippen molar-refractivity contribution < 1.29 is 9.53 Å². The zero-order valence-corrected chi connectivity index (χ0v) is 12.0. The van der Waals surface area contributed by atoms with Crippen LogP contribution in [-0.4, -0.2) is 22.5 Å². The summed E-state index contributed by atoms with van der Waals surface area (Å²) in [5.41, 5.74) is 4.60. The molecule has 4 heteroatoms. The van der Waals surface area contributed by atoms with Crippen molar-refractivity contribution in [3.8, 4) is 11.1 Å². The lowest BCUT2D eigenvalue weighted by Gasteiger charge is -2.02. The molecule has 2 heterocycles. The maximum absolute atomic E-state index is 11.8. The van der Waals surface area contributed by atoms with Crippen molar-refractivity contribution >= 4 is 16.9 Å². The lowest BCUT2D eigenvalue weighted by Crippen LogP contribution is -2.04. The van der Waals surface area contributed by atoms with Gasteiger partial charge >= 0.3 is 5.97 Å². The normalized spacial score (nSPS) is 10.8. The number of nitrogens with zero attached hydrogens (tertiary/aromatic N) is 1. The van der Waals surface area contributed by atoms with Crippen molar-refractivity contribution in [3.63, 3.8) is 0 Å². The van der Waals surface area contributed by atoms with Crippen LogP contribution in [-0.2, 0) is 4.74 Å². The second-order valence-corrected chi connectivity index (χ2v) is 4.89. The van der Waals surface area contributed by atoms with Crippen LogP contribution in [0.2, 0.25) is 0 Å². The second-order valence-electron chi connectivity index (χ2n) is 4.89. The summed E-state index contributed by atoms with van der Waals surface area (Å²) < 4.78 is 5.01. The highest BCUT2D eigenvalue weighted by Gasteiger charge is 2.10. The quantitative estimate of drug-likeness (QED) is 0.744. The molecule has 0 saturated carbocycles. The van der Waals surface area contributed by atoms with E-state index in [0.717, 1.165) is 27.7 Å². The van der Waals surface area contributed by atoms with E-state index in [-0.39, 0.29) is 5.97 Å². The number of hydrogen-bond acceptors (Lipinski definition) is 3. The molecule has 21 heavy (non-hydrogen) atoms. The third kappa shape index (κ3) is 2.65. The molecule has 0 atom stereocenters. The number of aromatic amines is 1. The fraction of sp³-hybridized carbons (Fsp3) is 0.176. The van der Waals surface area contributed by atoms with Crippen LogP contribution >= 0.6 is 0 Å². The Hall–Kier alpha value is -2.62. The number of carbonyl (C=O) groups is 1. The van der Waals surface area contributed by atoms with Crippen LogP contribution in [0.25, 0.3) is 22.0 Å². The Labute approximate surface area is 122 Å². The minimum Gasteiger partial charge on any atom is -0.461 e. The van der Waals surface area contributed by atoms with Crippen LogP contribution in [0.1, 0.15) is 23.1 Å². The standard InChI is InChI=1S/C17H16N2O2/c1-3-21-17(20)16-10-14-9-12(4-5-15(14)19-16)13-6-7-18-11(2)8-13/h4-10,19H,3H2,1-2H3. The molecule has 0 radical (unpaired) electrons. The highest BCUT2D eigenvalue weighted by atomic mass is 16.5. The number of fused-ring (bicyclic) bond motifs is 1. The monoisotopic (exact) mass is 280 g/mol. The second kappa shape index (κ2) is 5.40. The Morgan fingerprint density at radius 1 is 1.19 bits per heavy atom. The zero-order chi connectivity index (χ0) is 14.8. The van der Waals surface area contributed by atoms with Crippen molar-refractivity contribution in [2.45, 2.75) is 13.8 Å². The zero-order valence-electron chi connectivity index (χ0n) is 12.0. The highest BCUT2D eigenvalue weighted by Crippen LogP contribution is 2.25. The number of pyridine rings is 1. The summed E-state index contributed by atoms with van der Waals surface area (Å²) in [5.74, 6) is -0.324. The summed E-state index contributed by atoms with van der Waals surface area (Å²) in [6.07, 6.45) is 1.80. The molecule has 0 aliphatic rings. The Balaban J connectivity index is 2.02. The van der Waals surface area contributed by atoms with Crippen molar-refractivity contribution in [1.29, 1.82) is 0 Å². The maximum Gasteiger partial charge on any atom is 0.354 e. The van der Waals surface area contributed by atoms with E-state index in [4.69, 9.17) is 4.74 Å². The van der Waals surface area contributed by atoms with Crippen molar-refractivity contribution in [1.82, 2.24) is 9.97 Å². The number of carbonyl (C=O) groups excluding carboxylic acids is 1. The Morgan fingerprint density at radius 2 is 2.00 bits per heavy atom. The average molecular weight is 280 g/mol. The predicted molar refractivity (Wildman–Crippen MR) is 82.2 cm³/mol. The molecule has 0 amide bonds. The summed E-state index contributed by atoms with van der Waals surface area (Å²) in [6.45, 7) is 4.14. The Bertz CT molecular complexity index is 805. The van der Waals surface area contributed by atoms with Crippen molar-refractivity contribution in [2.24, 2.45) is 0 Å². The van der Waals surface area contributed by atoms with Crippen molar-refractivity contribution in [3.05, 3.63) is 54.0 Å². The third-order valence-electron chi connectivity index (χ3n) is 3.35. The Morgan fingerprint density at radius 3 is 2.76 bits per heavy atom. The van der Waals surface area contributed by atoms with Crippen LogP contribution < -0.4 is 0 Å². The van der Waals surface area contributed by atoms with Gasteiger partial charge in [-0.15, -0.1) is 0 Å². The molecule has 0 spiro atoms. The first kappa shape index (κ1) is 13.4. The number of esters is 1. The molecule has 0 aliphatic carbocycles. The van der Waals surface area contributed by atoms with Crippen LogP contribution in [0.15, 0.2) is 42.6 Å². The van der Waals surface area contributed by atoms with Gasteiger partial charge in [0.2, 0.25) is 0 Å². The smallest absolute Gasteiger partial charge is 0.354 e. The molecule has 4 nitrogen and oxygen atoms in total. The molecular formula is C17H16N2O2. The number of ether oxygens (including phenoxy) is 1. The molecule has 2 aromatic heterocycles. The van der Waals surface area contributed by atoms with E-state index < -0.39 is 0 Å². The number of rotatable bonds is 3. The first-order chi connectivity index (χ1) is 10.2. The van der Waals surface area contributed by atoms with E-state index in [2.05, 4.69) is 16.0 Å². The molecular weight excluding hydrogens is 264 g/mol. The van der Waals surface area contributed by atoms with Crippen molar-refractivity contribution in [2.75, 3.05) is 6.61 Å². The maximum atomic E-state index is 11.8. The van der Waals surface area contributed by atoms with Gasteiger partial charge in [0.05, 0.1) is 6.61 Å². The van der Waals surface area contributed by atoms with Gasteiger partial charge in [0.25, 0.3) is 0 Å². The fourth-order valence-electron chi connectivity index (χ4n) is 2.36. The van der Waals surface area contributed by atoms with Gasteiger partial charge in [-0.05, 0) is 55.3 Å². The van der Waals surface area contributed by atoms with E-state index in [9.17, 15) is 4.79 Å². The SMILES string of the molecule is CCOC(=O)c1cc2cc(-c3ccnc(C)c3)ccc2[nH]1. The van der Waals surface area contributed by atoms with E-state index in [1.807, 2.05) is 37.3 Å². The Kier molecular flexibility index (Phi) is 3.44. The van der Waals surface area contributed by atoms with E-state index in [0.29, 0.717) is 12.3 Å². The highest BCUT2D eigenvalue weighted by molar-refractivity contribution is 5.96. The van der Waals surface area contributed by atoms with Gasteiger partial charge in [0, 0.05) is 22.8 Å². The van der Waals surface area contributed by atoms with Gasteiger partial charge in [-0.3, -0.25) is 4.98 Å². The number of aryl methyl sites for hydroxylation is 1. The summed E-state index contributed by atoms with van der Waals surface area (Å²) in [7, 11) is 0. The number of hydrogen-bond donors (Lipinski definition) is 1. The lowest BCUT2D eigenvalue weighted by atomic mass is 10.0. The van der Waals surface area contributed by atoms with Gasteiger partial charge in [-0.2, -0.15) is 0 Å². The van der Waals surface area contributed by atoms with Gasteiger partial charge in [-0.25, -0.2) is 4.79 Å². The third-order valence-corrected chi connectivity index (χ3v) is 3.35. The average Bonchev–Trinajstić information content (AvgIpc) is 2.90. The summed E-state index contributed by atoms with van der Waals surface area (Å²) in [6, 6.07) is 11.9. The van der Waals surface area contributed by atoms with E-state index >= 15 is 0 Å². The van der Waals surface area contributed by atoms with Gasteiger partial charge in [-0.1, -0.05) is 6.07 Å². The largest absolute Gasteiger partial charge is 0.461 e. The van der Waals surface area contributed by atoms with Crippen LogP contribution in [0.3, 0.4) is 0 Å². The minimum absolute atomic E-state index is 0.324. The molecule has 0 aliphatic heterocycles. The fourth-order valence-corrected chi connectivity index (χ4v) is 2.36. The molecule has 1 N–H and O–H groups in total. The lowest BCUT2D eigenvalue weighted by molar-refractivity contribution is 0.0520. The predicted octanol–water partition coefficient (Wildman–Crippen LogP) is 3.72. The molecule has 3 aromatic rings. The molecule has 3 rings (SSSR count). The van der Waals surface area contributed by atoms with Crippen LogP contribution in [0.5, 0.6) is 0 Å². The number of benzene rings is 1. The number of nitrogens with one attached hydrogen (secondary N) is 1. The van der Waals surface area contributed by atoms with Gasteiger partial charge in [0.1, 0.15) is 5.69 Å². The molecule has 1 aromatic carbocycles. The molecule has 0 fully saturated rings. The van der Waals surface area contributed by atoms with E-state index in [1.165, 1.54) is 0 Å². The molecule has 0 unspecified atom stereocenters. The number of aromatic nitrogens is 2. The van der Waals surface area contributed by atoms with E-state index in [1.54, 1.807) is 13.1 Å². The topological polar surface area (TPSA) is 55.0 Å². The summed E-state index contributed by atoms with van der Waals surface area (Å²) >= 11 is 0. The number of H-pyrrole nitrogens is 1. The van der Waals surface area contributed by atoms with Gasteiger partial charge in [0.15, 0.2) is 0 Å². The van der Waals surface area contributed by atoms with Crippen LogP contribution in [0, 0.1) is 6.92 Å². The molecule has 106 valence electrons. The minimum atomic E-state index is -0.324. The molecule has 0 saturated heterocycles.